The Balaban J connectivity index is -0.000000122. The van der Waals surface area contributed by atoms with Crippen LogP contribution in [0.5, 0.6) is 0 Å². The minimum atomic E-state index is -3.88. The highest BCUT2D eigenvalue weighted by Crippen LogP contribution is 2.34. The molecule has 0 unspecified atom stereocenters. The van der Waals surface area contributed by atoms with Crippen molar-refractivity contribution in [2.75, 3.05) is 19.8 Å². The molecule has 6 nitrogen and oxygen atoms in total. The molecule has 7 heteroatoms. The molecule has 0 spiro atoms. The summed E-state index contributed by atoms with van der Waals surface area (Å²) in [5.74, 6) is -0.185. The Bertz CT molecular complexity index is 343. The average Bonchev–Trinajstić information content (AvgIpc) is 2.46. The highest BCUT2D eigenvalue weighted by atomic mass is 31.2. The van der Waals surface area contributed by atoms with Gasteiger partial charge in [-0.2, -0.15) is 0 Å². The second-order valence-corrected chi connectivity index (χ2v) is 5.23. The molecule has 0 aliphatic carbocycles. The van der Waals surface area contributed by atoms with E-state index in [0.29, 0.717) is 13.0 Å². The number of hydrogen-bond donors (Lipinski definition) is 4. The lowest BCUT2D eigenvalue weighted by Gasteiger charge is -2.03. The third kappa shape index (κ3) is 62.7. The van der Waals surface area contributed by atoms with Crippen molar-refractivity contribution >= 4 is 13.5 Å². The van der Waals surface area contributed by atoms with Crippen molar-refractivity contribution in [2.45, 2.75) is 20.3 Å². The second-order valence-electron chi connectivity index (χ2n) is 3.46. The molecule has 0 fully saturated rings. The number of carbonyl (C=O) groups excluding carboxylic acids is 1. The van der Waals surface area contributed by atoms with Crippen LogP contribution in [0.1, 0.15) is 20.3 Å². The maximum atomic E-state index is 10.3. The molecule has 0 aromatic heterocycles. The molecular weight excluding hydrogens is 303 g/mol. The molecule has 0 radical (unpaired) electrons. The minimum absolute atomic E-state index is 0.173. The first kappa shape index (κ1) is 28.7. The number of allylic oxidation sites excluding steroid dienone is 5. The SMILES string of the molecule is C=C/C=C\C.C=CC=C.CC(=O)NCCCP(=O)(O)O.CN. The summed E-state index contributed by atoms with van der Waals surface area (Å²) >= 11 is 0. The van der Waals surface area contributed by atoms with Gasteiger partial charge >= 0.3 is 7.60 Å². The van der Waals surface area contributed by atoms with E-state index in [0.717, 1.165) is 0 Å². The standard InChI is InChI=1S/C5H12NO4P.C5H8.C4H6.CH5N/c1-5(7)6-3-2-4-11(8,9)10;1-3-5-4-2;1-3-4-2;1-2/h2-4H2,1H3,(H,6,7)(H2,8,9,10);3-5H,1H2,2H3;3-4H,1-2H2;2H2,1H3/b;5-4-;;. The lowest BCUT2D eigenvalue weighted by atomic mass is 10.5. The maximum absolute atomic E-state index is 10.3. The minimum Gasteiger partial charge on any atom is -0.356 e. The summed E-state index contributed by atoms with van der Waals surface area (Å²) < 4.78 is 10.3. The predicted octanol–water partition coefficient (Wildman–Crippen LogP) is 2.37. The first-order valence-electron chi connectivity index (χ1n) is 6.59. The number of hydrogen-bond acceptors (Lipinski definition) is 3. The molecular formula is C15H31N2O4P. The Morgan fingerprint density at radius 2 is 1.64 bits per heavy atom. The Morgan fingerprint density at radius 3 is 1.82 bits per heavy atom. The molecule has 22 heavy (non-hydrogen) atoms. The molecule has 0 aromatic rings. The van der Waals surface area contributed by atoms with Crippen molar-refractivity contribution < 1.29 is 19.1 Å². The summed E-state index contributed by atoms with van der Waals surface area (Å²) in [4.78, 5) is 27.0. The van der Waals surface area contributed by atoms with E-state index >= 15 is 0 Å². The zero-order valence-electron chi connectivity index (χ0n) is 13.9. The summed E-state index contributed by atoms with van der Waals surface area (Å²) in [5, 5.41) is 2.44. The van der Waals surface area contributed by atoms with Crippen LogP contribution < -0.4 is 11.1 Å². The Kier molecular flexibility index (Phi) is 32.0. The highest BCUT2D eigenvalue weighted by molar-refractivity contribution is 7.51. The Morgan fingerprint density at radius 1 is 1.18 bits per heavy atom. The van der Waals surface area contributed by atoms with Crippen LogP contribution in [0.4, 0.5) is 0 Å². The van der Waals surface area contributed by atoms with Crippen molar-refractivity contribution in [3.63, 3.8) is 0 Å². The fourth-order valence-electron chi connectivity index (χ4n) is 0.686. The summed E-state index contributed by atoms with van der Waals surface area (Å²) in [6, 6.07) is 0. The fourth-order valence-corrected chi connectivity index (χ4v) is 1.26. The third-order valence-corrected chi connectivity index (χ3v) is 2.39. The normalized spacial score (nSPS) is 8.82. The number of rotatable bonds is 6. The van der Waals surface area contributed by atoms with Gasteiger partial charge in [0.05, 0.1) is 6.16 Å². The van der Waals surface area contributed by atoms with E-state index in [4.69, 9.17) is 9.79 Å². The molecule has 0 aliphatic heterocycles. The lowest BCUT2D eigenvalue weighted by molar-refractivity contribution is -0.118. The van der Waals surface area contributed by atoms with E-state index in [2.05, 4.69) is 30.8 Å². The molecule has 0 bridgehead atoms. The summed E-state index contributed by atoms with van der Waals surface area (Å²) in [6.07, 6.45) is 8.99. The van der Waals surface area contributed by atoms with Crippen LogP contribution in [0.25, 0.3) is 0 Å². The van der Waals surface area contributed by atoms with Crippen LogP contribution in [0.15, 0.2) is 50.1 Å². The van der Waals surface area contributed by atoms with E-state index < -0.39 is 7.60 Å². The van der Waals surface area contributed by atoms with Gasteiger partial charge in [0.2, 0.25) is 5.91 Å². The first-order chi connectivity index (χ1) is 10.2. The van der Waals surface area contributed by atoms with E-state index in [1.165, 1.54) is 14.0 Å². The summed E-state index contributed by atoms with van der Waals surface area (Å²) in [7, 11) is -2.38. The monoisotopic (exact) mass is 334 g/mol. The Labute approximate surface area is 134 Å². The summed E-state index contributed by atoms with van der Waals surface area (Å²) in [5.41, 5.74) is 4.50. The fraction of sp³-hybridized carbons (Fsp3) is 0.400. The smallest absolute Gasteiger partial charge is 0.325 e. The quantitative estimate of drug-likeness (QED) is 0.338. The van der Waals surface area contributed by atoms with Crippen molar-refractivity contribution in [1.29, 1.82) is 0 Å². The second kappa shape index (κ2) is 24.6. The molecule has 0 atom stereocenters. The molecule has 0 rings (SSSR count). The zero-order chi connectivity index (χ0) is 18.4. The molecule has 0 heterocycles. The van der Waals surface area contributed by atoms with Crippen LogP contribution in [-0.2, 0) is 9.36 Å². The number of carbonyl (C=O) groups is 1. The van der Waals surface area contributed by atoms with Crippen molar-refractivity contribution in [3.05, 3.63) is 50.1 Å². The van der Waals surface area contributed by atoms with Gasteiger partial charge in [-0.3, -0.25) is 9.36 Å². The van der Waals surface area contributed by atoms with Gasteiger partial charge in [0.25, 0.3) is 0 Å². The van der Waals surface area contributed by atoms with Crippen molar-refractivity contribution in [3.8, 4) is 0 Å². The Hall–Kier alpha value is -1.46. The van der Waals surface area contributed by atoms with Gasteiger partial charge in [0.1, 0.15) is 0 Å². The number of nitrogens with one attached hydrogen (secondary N) is 1. The number of nitrogens with two attached hydrogens (primary N) is 1. The topological polar surface area (TPSA) is 113 Å². The van der Waals surface area contributed by atoms with Crippen LogP contribution in [-0.4, -0.2) is 35.4 Å². The van der Waals surface area contributed by atoms with E-state index in [1.807, 2.05) is 19.1 Å². The van der Waals surface area contributed by atoms with Crippen molar-refractivity contribution in [2.24, 2.45) is 5.73 Å². The van der Waals surface area contributed by atoms with Gasteiger partial charge in [0, 0.05) is 13.5 Å². The van der Waals surface area contributed by atoms with Crippen LogP contribution in [0.3, 0.4) is 0 Å². The van der Waals surface area contributed by atoms with Crippen molar-refractivity contribution in [1.82, 2.24) is 5.32 Å². The van der Waals surface area contributed by atoms with Gasteiger partial charge in [-0.25, -0.2) is 0 Å². The van der Waals surface area contributed by atoms with Gasteiger partial charge < -0.3 is 20.8 Å². The van der Waals surface area contributed by atoms with Gasteiger partial charge in [-0.05, 0) is 20.4 Å². The van der Waals surface area contributed by atoms with Gasteiger partial charge in [0.15, 0.2) is 0 Å². The molecule has 0 aliphatic rings. The van der Waals surface area contributed by atoms with E-state index in [-0.39, 0.29) is 12.1 Å². The molecule has 1 amide bonds. The largest absolute Gasteiger partial charge is 0.356 e. The number of amides is 1. The molecule has 5 N–H and O–H groups in total. The third-order valence-electron chi connectivity index (χ3n) is 1.50. The highest BCUT2D eigenvalue weighted by Gasteiger charge is 2.10. The van der Waals surface area contributed by atoms with Gasteiger partial charge in [-0.15, -0.1) is 0 Å². The van der Waals surface area contributed by atoms with E-state index in [1.54, 1.807) is 18.2 Å². The first-order valence-corrected chi connectivity index (χ1v) is 8.38. The molecule has 0 saturated carbocycles. The zero-order valence-corrected chi connectivity index (χ0v) is 14.8. The molecule has 0 aromatic carbocycles. The van der Waals surface area contributed by atoms with Crippen LogP contribution in [0.2, 0.25) is 0 Å². The molecule has 0 saturated heterocycles. The van der Waals surface area contributed by atoms with E-state index in [9.17, 15) is 9.36 Å². The van der Waals surface area contributed by atoms with Crippen LogP contribution in [0, 0.1) is 0 Å². The summed E-state index contributed by atoms with van der Waals surface area (Å²) in [6.45, 7) is 13.8. The average molecular weight is 334 g/mol. The predicted molar refractivity (Wildman–Crippen MR) is 95.7 cm³/mol. The lowest BCUT2D eigenvalue weighted by Crippen LogP contribution is -2.21. The van der Waals surface area contributed by atoms with Crippen LogP contribution >= 0.6 is 7.60 Å². The van der Waals surface area contributed by atoms with Gasteiger partial charge in [-0.1, -0.05) is 50.1 Å². The maximum Gasteiger partial charge on any atom is 0.325 e. The molecule has 130 valence electrons.